The Hall–Kier alpha value is -0.270. The van der Waals surface area contributed by atoms with Gasteiger partial charge in [0.25, 0.3) is 0 Å². The number of halogens is 4. The number of aliphatic hydroxyl groups excluding tert-OH is 1. The van der Waals surface area contributed by atoms with E-state index in [1.54, 1.807) is 6.92 Å². The molecule has 0 fully saturated rings. The van der Waals surface area contributed by atoms with E-state index in [0.29, 0.717) is 18.1 Å². The lowest BCUT2D eigenvalue weighted by Crippen LogP contribution is -2.31. The van der Waals surface area contributed by atoms with Crippen LogP contribution in [0.2, 0.25) is 5.02 Å². The van der Waals surface area contributed by atoms with Crippen LogP contribution in [0.15, 0.2) is 39.2 Å². The van der Waals surface area contributed by atoms with Crippen LogP contribution in [0.4, 0.5) is 0 Å². The van der Waals surface area contributed by atoms with Crippen molar-refractivity contribution in [2.24, 2.45) is 0 Å². The first kappa shape index (κ1) is 23.7. The van der Waals surface area contributed by atoms with Crippen LogP contribution in [0.25, 0.3) is 11.3 Å². The summed E-state index contributed by atoms with van der Waals surface area (Å²) >= 11 is 9.62. The Labute approximate surface area is 168 Å². The zero-order valence-corrected chi connectivity index (χ0v) is 17.2. The van der Waals surface area contributed by atoms with Crippen molar-refractivity contribution in [3.8, 4) is 11.3 Å². The molecular weight excluding hydrogens is 438 g/mol. The predicted octanol–water partition coefficient (Wildman–Crippen LogP) is 4.27. The van der Waals surface area contributed by atoms with Gasteiger partial charge in [0.2, 0.25) is 0 Å². The molecule has 1 unspecified atom stereocenters. The van der Waals surface area contributed by atoms with Gasteiger partial charge in [-0.2, -0.15) is 0 Å². The highest BCUT2D eigenvalue weighted by Gasteiger charge is 2.09. The van der Waals surface area contributed by atoms with Gasteiger partial charge in [0.15, 0.2) is 0 Å². The molecule has 1 aromatic heterocycles. The quantitative estimate of drug-likeness (QED) is 0.515. The molecule has 0 aliphatic heterocycles. The van der Waals surface area contributed by atoms with Crippen LogP contribution in [0.3, 0.4) is 0 Å². The Morgan fingerprint density at radius 1 is 1.17 bits per heavy atom. The second-order valence-electron chi connectivity index (χ2n) is 5.12. The number of hydrogen-bond acceptors (Lipinski definition) is 4. The molecule has 0 saturated heterocycles. The van der Waals surface area contributed by atoms with Gasteiger partial charge in [-0.3, -0.25) is 0 Å². The summed E-state index contributed by atoms with van der Waals surface area (Å²) in [5.41, 5.74) is 0.884. The summed E-state index contributed by atoms with van der Waals surface area (Å²) in [4.78, 5) is 0. The highest BCUT2D eigenvalue weighted by molar-refractivity contribution is 9.10. The fourth-order valence-corrected chi connectivity index (χ4v) is 2.77. The molecule has 1 heterocycles. The molecule has 0 aliphatic carbocycles. The summed E-state index contributed by atoms with van der Waals surface area (Å²) in [5.74, 6) is 1.63. The fraction of sp³-hybridized carbons (Fsp3) is 0.375. The van der Waals surface area contributed by atoms with Gasteiger partial charge in [0.1, 0.15) is 11.5 Å². The van der Waals surface area contributed by atoms with E-state index in [-0.39, 0.29) is 30.9 Å². The average Bonchev–Trinajstić information content (AvgIpc) is 2.91. The van der Waals surface area contributed by atoms with Gasteiger partial charge in [0.05, 0.1) is 17.7 Å². The van der Waals surface area contributed by atoms with Gasteiger partial charge < -0.3 is 20.2 Å². The van der Waals surface area contributed by atoms with Crippen LogP contribution < -0.4 is 10.6 Å². The topological polar surface area (TPSA) is 57.4 Å². The molecule has 0 saturated carbocycles. The molecule has 2 aromatic rings. The number of nitrogens with one attached hydrogen (secondary N) is 2. The second kappa shape index (κ2) is 12.1. The van der Waals surface area contributed by atoms with E-state index in [2.05, 4.69) is 26.6 Å². The van der Waals surface area contributed by atoms with Gasteiger partial charge in [-0.1, -0.05) is 27.5 Å². The van der Waals surface area contributed by atoms with Crippen LogP contribution in [0, 0.1) is 0 Å². The number of hydrogen-bond donors (Lipinski definition) is 3. The van der Waals surface area contributed by atoms with Crippen molar-refractivity contribution in [1.82, 2.24) is 10.6 Å². The van der Waals surface area contributed by atoms with Gasteiger partial charge >= 0.3 is 0 Å². The highest BCUT2D eigenvalue weighted by Crippen LogP contribution is 2.31. The van der Waals surface area contributed by atoms with Gasteiger partial charge in [-0.15, -0.1) is 24.8 Å². The minimum atomic E-state index is -0.316. The third-order valence-corrected chi connectivity index (χ3v) is 3.88. The third-order valence-electron chi connectivity index (χ3n) is 3.08. The predicted molar refractivity (Wildman–Crippen MR) is 108 cm³/mol. The van der Waals surface area contributed by atoms with Crippen LogP contribution >= 0.6 is 52.3 Å². The summed E-state index contributed by atoms with van der Waals surface area (Å²) < 4.78 is 6.76. The number of aliphatic hydroxyl groups is 1. The molecule has 0 bridgehead atoms. The zero-order valence-electron chi connectivity index (χ0n) is 13.2. The SMILES string of the molecule is CC(O)CNCCNCc1ccc(-c2ccc(Br)cc2Cl)o1.Cl.Cl. The lowest BCUT2D eigenvalue weighted by Gasteiger charge is -2.07. The minimum Gasteiger partial charge on any atom is -0.460 e. The van der Waals surface area contributed by atoms with Gasteiger partial charge in [-0.25, -0.2) is 0 Å². The molecule has 0 amide bonds. The number of benzene rings is 1. The lowest BCUT2D eigenvalue weighted by atomic mass is 10.2. The first-order valence-electron chi connectivity index (χ1n) is 7.20. The zero-order chi connectivity index (χ0) is 15.9. The van der Waals surface area contributed by atoms with Crippen molar-refractivity contribution in [2.75, 3.05) is 19.6 Å². The molecule has 1 aromatic carbocycles. The molecule has 136 valence electrons. The summed E-state index contributed by atoms with van der Waals surface area (Å²) in [5, 5.41) is 16.2. The standard InChI is InChI=1S/C16H20BrClN2O2.2ClH/c1-11(21)9-19-6-7-20-10-13-3-5-16(22-13)14-4-2-12(17)8-15(14)18;;/h2-5,8,11,19-21H,6-7,9-10H2,1H3;2*1H. The van der Waals surface area contributed by atoms with Gasteiger partial charge in [0, 0.05) is 29.7 Å². The van der Waals surface area contributed by atoms with Crippen molar-refractivity contribution in [2.45, 2.75) is 19.6 Å². The van der Waals surface area contributed by atoms with Crippen molar-refractivity contribution < 1.29 is 9.52 Å². The van der Waals surface area contributed by atoms with E-state index in [0.717, 1.165) is 34.6 Å². The smallest absolute Gasteiger partial charge is 0.135 e. The van der Waals surface area contributed by atoms with Crippen LogP contribution in [-0.4, -0.2) is 30.8 Å². The average molecular weight is 461 g/mol. The van der Waals surface area contributed by atoms with E-state index in [4.69, 9.17) is 21.1 Å². The number of furan rings is 1. The monoisotopic (exact) mass is 458 g/mol. The third kappa shape index (κ3) is 7.74. The Balaban J connectivity index is 0.00000264. The van der Waals surface area contributed by atoms with Crippen molar-refractivity contribution in [3.63, 3.8) is 0 Å². The fourth-order valence-electron chi connectivity index (χ4n) is 2.01. The summed E-state index contributed by atoms with van der Waals surface area (Å²) in [6.45, 7) is 4.63. The molecule has 24 heavy (non-hydrogen) atoms. The van der Waals surface area contributed by atoms with Crippen molar-refractivity contribution in [1.29, 1.82) is 0 Å². The Kier molecular flexibility index (Phi) is 12.0. The largest absolute Gasteiger partial charge is 0.460 e. The van der Waals surface area contributed by atoms with Gasteiger partial charge in [-0.05, 0) is 37.3 Å². The number of rotatable bonds is 8. The van der Waals surface area contributed by atoms with Crippen LogP contribution in [0.1, 0.15) is 12.7 Å². The molecule has 2 rings (SSSR count). The molecule has 1 atom stereocenters. The molecule has 4 nitrogen and oxygen atoms in total. The first-order valence-corrected chi connectivity index (χ1v) is 8.37. The normalized spacial score (nSPS) is 11.5. The maximum atomic E-state index is 9.13. The minimum absolute atomic E-state index is 0. The van der Waals surface area contributed by atoms with E-state index in [1.165, 1.54) is 0 Å². The molecule has 3 N–H and O–H groups in total. The maximum absolute atomic E-state index is 9.13. The molecule has 0 aliphatic rings. The Morgan fingerprint density at radius 2 is 1.88 bits per heavy atom. The Bertz CT molecular complexity index is 609. The maximum Gasteiger partial charge on any atom is 0.135 e. The molecule has 0 spiro atoms. The second-order valence-corrected chi connectivity index (χ2v) is 6.44. The van der Waals surface area contributed by atoms with E-state index >= 15 is 0 Å². The molecule has 8 heteroatoms. The summed E-state index contributed by atoms with van der Waals surface area (Å²) in [6, 6.07) is 9.60. The van der Waals surface area contributed by atoms with Crippen molar-refractivity contribution >= 4 is 52.3 Å². The molecular formula is C16H22BrCl3N2O2. The molecule has 0 radical (unpaired) electrons. The summed E-state index contributed by atoms with van der Waals surface area (Å²) in [7, 11) is 0. The Morgan fingerprint density at radius 3 is 2.54 bits per heavy atom. The van der Waals surface area contributed by atoms with E-state index < -0.39 is 0 Å². The van der Waals surface area contributed by atoms with E-state index in [1.807, 2.05) is 30.3 Å². The van der Waals surface area contributed by atoms with Crippen LogP contribution in [-0.2, 0) is 6.54 Å². The lowest BCUT2D eigenvalue weighted by molar-refractivity contribution is 0.191. The van der Waals surface area contributed by atoms with E-state index in [9.17, 15) is 0 Å². The first-order chi connectivity index (χ1) is 10.6. The van der Waals surface area contributed by atoms with Crippen molar-refractivity contribution in [3.05, 3.63) is 45.6 Å². The van der Waals surface area contributed by atoms with Crippen LogP contribution in [0.5, 0.6) is 0 Å². The summed E-state index contributed by atoms with van der Waals surface area (Å²) in [6.07, 6.45) is -0.316. The highest BCUT2D eigenvalue weighted by atomic mass is 79.9.